The summed E-state index contributed by atoms with van der Waals surface area (Å²) in [6, 6.07) is 0. The number of hydrogen-bond acceptors (Lipinski definition) is 0. The highest BCUT2D eigenvalue weighted by molar-refractivity contribution is 4.81. The molecule has 0 heteroatoms. The molecule has 0 saturated carbocycles. The van der Waals surface area contributed by atoms with Crippen molar-refractivity contribution in [3.05, 3.63) is 12.2 Å². The van der Waals surface area contributed by atoms with Crippen molar-refractivity contribution in [3.63, 3.8) is 0 Å². The van der Waals surface area contributed by atoms with Crippen molar-refractivity contribution in [1.82, 2.24) is 0 Å². The molecule has 1 unspecified atom stereocenters. The van der Waals surface area contributed by atoms with Gasteiger partial charge in [0.25, 0.3) is 0 Å². The minimum absolute atomic E-state index is 0.918. The van der Waals surface area contributed by atoms with Crippen LogP contribution in [0.3, 0.4) is 0 Å². The lowest BCUT2D eigenvalue weighted by Gasteiger charge is -2.09. The molecule has 1 aliphatic rings. The molecule has 0 aromatic heterocycles. The van der Waals surface area contributed by atoms with Crippen LogP contribution in [0.1, 0.15) is 26.2 Å². The molecule has 0 nitrogen and oxygen atoms in total. The SMILES string of the molecule is CC1CC=[C]CC1. The monoisotopic (exact) mass is 95.1 g/mol. The van der Waals surface area contributed by atoms with E-state index in [9.17, 15) is 0 Å². The molecule has 7 heavy (non-hydrogen) atoms. The van der Waals surface area contributed by atoms with Crippen molar-refractivity contribution in [2.75, 3.05) is 0 Å². The maximum atomic E-state index is 3.19. The van der Waals surface area contributed by atoms with Crippen LogP contribution in [-0.2, 0) is 0 Å². The van der Waals surface area contributed by atoms with Gasteiger partial charge in [-0.15, -0.1) is 0 Å². The van der Waals surface area contributed by atoms with Crippen LogP contribution >= 0.6 is 0 Å². The lowest BCUT2D eigenvalue weighted by Crippen LogP contribution is -1.95. The first kappa shape index (κ1) is 4.89. The van der Waals surface area contributed by atoms with Gasteiger partial charge < -0.3 is 0 Å². The van der Waals surface area contributed by atoms with Crippen molar-refractivity contribution >= 4 is 0 Å². The molecule has 0 N–H and O–H groups in total. The van der Waals surface area contributed by atoms with Gasteiger partial charge in [-0.05, 0) is 31.3 Å². The Morgan fingerprint density at radius 2 is 2.57 bits per heavy atom. The largest absolute Gasteiger partial charge is 0.0808 e. The molecule has 39 valence electrons. The van der Waals surface area contributed by atoms with Crippen molar-refractivity contribution in [2.45, 2.75) is 26.2 Å². The van der Waals surface area contributed by atoms with E-state index >= 15 is 0 Å². The first-order valence-electron chi connectivity index (χ1n) is 2.94. The first-order chi connectivity index (χ1) is 3.39. The lowest BCUT2D eigenvalue weighted by molar-refractivity contribution is 0.521. The molecule has 0 aliphatic heterocycles. The van der Waals surface area contributed by atoms with E-state index in [0.717, 1.165) is 5.92 Å². The molecule has 0 amide bonds. The second kappa shape index (κ2) is 2.15. The topological polar surface area (TPSA) is 0 Å². The molecule has 0 saturated heterocycles. The van der Waals surface area contributed by atoms with Gasteiger partial charge in [0.2, 0.25) is 0 Å². The summed E-state index contributed by atoms with van der Waals surface area (Å²) in [6.07, 6.45) is 9.13. The Hall–Kier alpha value is -0.260. The third-order valence-electron chi connectivity index (χ3n) is 1.45. The number of rotatable bonds is 0. The Labute approximate surface area is 45.2 Å². The fourth-order valence-corrected chi connectivity index (χ4v) is 0.834. The summed E-state index contributed by atoms with van der Waals surface area (Å²) in [5.41, 5.74) is 0. The quantitative estimate of drug-likeness (QED) is 0.432. The zero-order valence-electron chi connectivity index (χ0n) is 4.78. The van der Waals surface area contributed by atoms with Crippen LogP contribution in [0.4, 0.5) is 0 Å². The number of hydrogen-bond donors (Lipinski definition) is 0. The standard InChI is InChI=1S/C7H11/c1-7-5-3-2-4-6-7/h3,7H,4-6H2,1H3. The van der Waals surface area contributed by atoms with Crippen molar-refractivity contribution < 1.29 is 0 Å². The smallest absolute Gasteiger partial charge is 0.0277 e. The summed E-state index contributed by atoms with van der Waals surface area (Å²) < 4.78 is 0. The predicted molar refractivity (Wildman–Crippen MR) is 30.8 cm³/mol. The van der Waals surface area contributed by atoms with Gasteiger partial charge in [-0.1, -0.05) is 13.0 Å². The van der Waals surface area contributed by atoms with Gasteiger partial charge in [0, 0.05) is 0 Å². The maximum Gasteiger partial charge on any atom is -0.0277 e. The van der Waals surface area contributed by atoms with E-state index < -0.39 is 0 Å². The van der Waals surface area contributed by atoms with Crippen LogP contribution < -0.4 is 0 Å². The second-order valence-electron chi connectivity index (χ2n) is 2.29. The van der Waals surface area contributed by atoms with E-state index in [1.807, 2.05) is 0 Å². The highest BCUT2D eigenvalue weighted by Gasteiger charge is 2.00. The molecule has 0 aromatic rings. The van der Waals surface area contributed by atoms with E-state index in [-0.39, 0.29) is 0 Å². The molecule has 0 fully saturated rings. The highest BCUT2D eigenvalue weighted by atomic mass is 14.1. The van der Waals surface area contributed by atoms with Crippen LogP contribution in [0.15, 0.2) is 6.08 Å². The summed E-state index contributed by atoms with van der Waals surface area (Å²) in [7, 11) is 0. The van der Waals surface area contributed by atoms with Gasteiger partial charge in [0.1, 0.15) is 0 Å². The first-order valence-corrected chi connectivity index (χ1v) is 2.94. The van der Waals surface area contributed by atoms with Gasteiger partial charge in [-0.3, -0.25) is 0 Å². The third-order valence-corrected chi connectivity index (χ3v) is 1.45. The Morgan fingerprint density at radius 3 is 2.86 bits per heavy atom. The van der Waals surface area contributed by atoms with Crippen molar-refractivity contribution in [1.29, 1.82) is 0 Å². The van der Waals surface area contributed by atoms with Crippen molar-refractivity contribution in [3.8, 4) is 0 Å². The zero-order valence-corrected chi connectivity index (χ0v) is 4.78. The average molecular weight is 95.2 g/mol. The Kier molecular flexibility index (Phi) is 1.50. The zero-order chi connectivity index (χ0) is 5.11. The fourth-order valence-electron chi connectivity index (χ4n) is 0.834. The summed E-state index contributed by atoms with van der Waals surface area (Å²) in [5.74, 6) is 0.918. The summed E-state index contributed by atoms with van der Waals surface area (Å²) in [4.78, 5) is 0. The Morgan fingerprint density at radius 1 is 1.71 bits per heavy atom. The van der Waals surface area contributed by atoms with Crippen LogP contribution in [0.5, 0.6) is 0 Å². The molecule has 1 atom stereocenters. The fraction of sp³-hybridized carbons (Fsp3) is 0.714. The molecule has 1 rings (SSSR count). The highest BCUT2D eigenvalue weighted by Crippen LogP contribution is 2.15. The second-order valence-corrected chi connectivity index (χ2v) is 2.29. The van der Waals surface area contributed by atoms with E-state index in [1.54, 1.807) is 0 Å². The van der Waals surface area contributed by atoms with Gasteiger partial charge in [-0.25, -0.2) is 0 Å². The summed E-state index contributed by atoms with van der Waals surface area (Å²) >= 11 is 0. The molecule has 0 heterocycles. The molecule has 0 spiro atoms. The molecule has 1 aliphatic carbocycles. The molecule has 0 bridgehead atoms. The van der Waals surface area contributed by atoms with Crippen molar-refractivity contribution in [2.24, 2.45) is 5.92 Å². The van der Waals surface area contributed by atoms with E-state index in [1.165, 1.54) is 19.3 Å². The van der Waals surface area contributed by atoms with Gasteiger partial charge in [0.05, 0.1) is 0 Å². The van der Waals surface area contributed by atoms with Crippen LogP contribution in [-0.4, -0.2) is 0 Å². The van der Waals surface area contributed by atoms with Gasteiger partial charge >= 0.3 is 0 Å². The summed E-state index contributed by atoms with van der Waals surface area (Å²) in [6.45, 7) is 2.29. The molecule has 1 radical (unpaired) electrons. The number of allylic oxidation sites excluding steroid dienone is 2. The minimum atomic E-state index is 0.918. The van der Waals surface area contributed by atoms with E-state index in [0.29, 0.717) is 0 Å². The van der Waals surface area contributed by atoms with Gasteiger partial charge in [0.15, 0.2) is 0 Å². The van der Waals surface area contributed by atoms with Crippen LogP contribution in [0.25, 0.3) is 0 Å². The molecular weight excluding hydrogens is 84.1 g/mol. The van der Waals surface area contributed by atoms with Gasteiger partial charge in [-0.2, -0.15) is 0 Å². The average Bonchev–Trinajstić information content (AvgIpc) is 1.69. The summed E-state index contributed by atoms with van der Waals surface area (Å²) in [5, 5.41) is 0. The Bertz CT molecular complexity index is 72.1. The predicted octanol–water partition coefficient (Wildman–Crippen LogP) is 2.17. The molecular formula is C7H11. The van der Waals surface area contributed by atoms with E-state index in [4.69, 9.17) is 0 Å². The molecule has 0 aromatic carbocycles. The normalized spacial score (nSPS) is 30.7. The van der Waals surface area contributed by atoms with Crippen LogP contribution in [0, 0.1) is 12.0 Å². The van der Waals surface area contributed by atoms with Crippen LogP contribution in [0.2, 0.25) is 0 Å². The lowest BCUT2D eigenvalue weighted by atomic mass is 9.97. The third kappa shape index (κ3) is 1.34. The minimum Gasteiger partial charge on any atom is -0.0808 e. The maximum absolute atomic E-state index is 3.19. The Balaban J connectivity index is 2.32. The van der Waals surface area contributed by atoms with E-state index in [2.05, 4.69) is 19.1 Å².